The van der Waals surface area contributed by atoms with Gasteiger partial charge in [0, 0.05) is 13.1 Å². The van der Waals surface area contributed by atoms with Crippen LogP contribution in [-0.2, 0) is 22.8 Å². The minimum atomic E-state index is -0.0582. The van der Waals surface area contributed by atoms with Crippen molar-refractivity contribution in [2.75, 3.05) is 19.7 Å². The summed E-state index contributed by atoms with van der Waals surface area (Å²) in [5, 5.41) is 0. The molecule has 1 fully saturated rings. The van der Waals surface area contributed by atoms with Gasteiger partial charge in [0.05, 0.1) is 30.2 Å². The van der Waals surface area contributed by atoms with Crippen LogP contribution >= 0.6 is 0 Å². The van der Waals surface area contributed by atoms with Crippen molar-refractivity contribution in [3.05, 3.63) is 60.4 Å². The van der Waals surface area contributed by atoms with E-state index in [0.29, 0.717) is 13.2 Å². The molecule has 1 saturated heterocycles. The quantitative estimate of drug-likeness (QED) is 0.571. The van der Waals surface area contributed by atoms with Crippen LogP contribution in [0.25, 0.3) is 11.0 Å². The highest BCUT2D eigenvalue weighted by atomic mass is 16.5. The third-order valence-electron chi connectivity index (χ3n) is 5.39. The Bertz CT molecular complexity index is 946. The largest absolute Gasteiger partial charge is 0.486 e. The van der Waals surface area contributed by atoms with Crippen molar-refractivity contribution in [3.8, 4) is 5.75 Å². The summed E-state index contributed by atoms with van der Waals surface area (Å²) >= 11 is 0. The average Bonchev–Trinajstić information content (AvgIpc) is 3.11. The molecule has 0 bridgehead atoms. The highest BCUT2D eigenvalue weighted by molar-refractivity contribution is 5.76. The molecule has 6 heteroatoms. The number of aromatic nitrogens is 2. The third-order valence-corrected chi connectivity index (χ3v) is 5.39. The molecule has 0 atom stereocenters. The number of carbonyl (C=O) groups excluding carboxylic acids is 1. The number of likely N-dealkylation sites (tertiary alicyclic amines) is 1. The minimum Gasteiger partial charge on any atom is -0.486 e. The Kier molecular flexibility index (Phi) is 6.10. The number of ether oxygens (including phenoxy) is 2. The first kappa shape index (κ1) is 19.5. The Morgan fingerprint density at radius 2 is 1.79 bits per heavy atom. The molecule has 3 aromatic rings. The van der Waals surface area contributed by atoms with Gasteiger partial charge in [0.25, 0.3) is 0 Å². The molecule has 0 unspecified atom stereocenters. The maximum atomic E-state index is 12.0. The Balaban J connectivity index is 1.47. The van der Waals surface area contributed by atoms with E-state index in [1.54, 1.807) is 0 Å². The van der Waals surface area contributed by atoms with E-state index in [1.165, 1.54) is 0 Å². The summed E-state index contributed by atoms with van der Waals surface area (Å²) in [6.07, 6.45) is 1.67. The molecule has 0 saturated carbocycles. The zero-order valence-corrected chi connectivity index (χ0v) is 16.8. The summed E-state index contributed by atoms with van der Waals surface area (Å²) in [4.78, 5) is 19.2. The van der Waals surface area contributed by atoms with Crippen molar-refractivity contribution < 1.29 is 14.3 Å². The van der Waals surface area contributed by atoms with Crippen LogP contribution in [0.3, 0.4) is 0 Å². The lowest BCUT2D eigenvalue weighted by atomic mass is 9.97. The first-order valence-corrected chi connectivity index (χ1v) is 10.3. The lowest BCUT2D eigenvalue weighted by Crippen LogP contribution is -2.38. The molecule has 29 heavy (non-hydrogen) atoms. The van der Waals surface area contributed by atoms with E-state index < -0.39 is 0 Å². The maximum Gasteiger partial charge on any atom is 0.309 e. The van der Waals surface area contributed by atoms with Gasteiger partial charge in [-0.1, -0.05) is 30.3 Å². The van der Waals surface area contributed by atoms with Crippen molar-refractivity contribution in [2.45, 2.75) is 33.0 Å². The van der Waals surface area contributed by atoms with Gasteiger partial charge in [0.2, 0.25) is 0 Å². The van der Waals surface area contributed by atoms with Gasteiger partial charge < -0.3 is 14.0 Å². The molecule has 4 rings (SSSR count). The van der Waals surface area contributed by atoms with Gasteiger partial charge in [-0.3, -0.25) is 9.69 Å². The van der Waals surface area contributed by atoms with Crippen molar-refractivity contribution in [1.29, 1.82) is 0 Å². The molecule has 0 radical (unpaired) electrons. The smallest absolute Gasteiger partial charge is 0.309 e. The van der Waals surface area contributed by atoms with Gasteiger partial charge in [-0.15, -0.1) is 0 Å². The van der Waals surface area contributed by atoms with Gasteiger partial charge in [-0.25, -0.2) is 4.98 Å². The Morgan fingerprint density at radius 1 is 1.07 bits per heavy atom. The fourth-order valence-electron chi connectivity index (χ4n) is 3.83. The van der Waals surface area contributed by atoms with Gasteiger partial charge in [-0.05, 0) is 44.0 Å². The summed E-state index contributed by atoms with van der Waals surface area (Å²) in [6, 6.07) is 18.0. The molecule has 1 aliphatic heterocycles. The Morgan fingerprint density at radius 3 is 2.55 bits per heavy atom. The summed E-state index contributed by atoms with van der Waals surface area (Å²) in [5.74, 6) is 1.70. The third kappa shape index (κ3) is 4.59. The van der Waals surface area contributed by atoms with Crippen LogP contribution in [0.2, 0.25) is 0 Å². The lowest BCUT2D eigenvalue weighted by Gasteiger charge is -2.31. The zero-order valence-electron chi connectivity index (χ0n) is 16.8. The summed E-state index contributed by atoms with van der Waals surface area (Å²) in [5.41, 5.74) is 2.08. The summed E-state index contributed by atoms with van der Waals surface area (Å²) < 4.78 is 13.4. The molecule has 0 N–H and O–H groups in total. The van der Waals surface area contributed by atoms with Crippen LogP contribution in [0.15, 0.2) is 54.6 Å². The molecular weight excluding hydrogens is 366 g/mol. The minimum absolute atomic E-state index is 0.0200. The van der Waals surface area contributed by atoms with Gasteiger partial charge in [-0.2, -0.15) is 0 Å². The van der Waals surface area contributed by atoms with Crippen LogP contribution in [0.4, 0.5) is 0 Å². The topological polar surface area (TPSA) is 56.6 Å². The fraction of sp³-hybridized carbons (Fsp3) is 0.391. The Hall–Kier alpha value is -2.86. The Labute approximate surface area is 171 Å². The number of para-hydroxylation sites is 3. The number of imidazole rings is 1. The number of benzene rings is 2. The van der Waals surface area contributed by atoms with Crippen molar-refractivity contribution in [3.63, 3.8) is 0 Å². The number of hydrogen-bond donors (Lipinski definition) is 0. The van der Waals surface area contributed by atoms with E-state index >= 15 is 0 Å². The maximum absolute atomic E-state index is 12.0. The zero-order chi connectivity index (χ0) is 20.1. The van der Waals surface area contributed by atoms with E-state index in [4.69, 9.17) is 14.5 Å². The number of carbonyl (C=O) groups is 1. The predicted octanol–water partition coefficient (Wildman–Crippen LogP) is 3.85. The molecule has 0 amide bonds. The molecule has 2 aromatic carbocycles. The number of fused-ring (bicyclic) bond motifs is 1. The predicted molar refractivity (Wildman–Crippen MR) is 111 cm³/mol. The number of hydrogen-bond acceptors (Lipinski definition) is 5. The molecule has 1 aliphatic rings. The van der Waals surface area contributed by atoms with Crippen LogP contribution in [0.5, 0.6) is 5.75 Å². The molecule has 152 valence electrons. The highest BCUT2D eigenvalue weighted by Gasteiger charge is 2.26. The van der Waals surface area contributed by atoms with Crippen molar-refractivity contribution in [1.82, 2.24) is 14.5 Å². The number of rotatable bonds is 7. The van der Waals surface area contributed by atoms with Gasteiger partial charge >= 0.3 is 5.97 Å². The molecule has 0 aliphatic carbocycles. The van der Waals surface area contributed by atoms with Crippen LogP contribution in [0, 0.1) is 5.92 Å². The number of piperidine rings is 1. The molecule has 0 spiro atoms. The molecular formula is C23H27N3O3. The number of nitrogens with zero attached hydrogens (tertiary/aromatic N) is 3. The molecule has 1 aromatic heterocycles. The summed E-state index contributed by atoms with van der Waals surface area (Å²) in [6.45, 7) is 5.20. The number of esters is 1. The van der Waals surface area contributed by atoms with E-state index in [-0.39, 0.29) is 11.9 Å². The second-order valence-electron chi connectivity index (χ2n) is 7.33. The van der Waals surface area contributed by atoms with E-state index in [0.717, 1.165) is 55.2 Å². The second kappa shape index (κ2) is 9.09. The van der Waals surface area contributed by atoms with Gasteiger partial charge in [0.1, 0.15) is 18.2 Å². The van der Waals surface area contributed by atoms with Crippen LogP contribution < -0.4 is 4.74 Å². The first-order chi connectivity index (χ1) is 14.2. The van der Waals surface area contributed by atoms with Crippen LogP contribution in [0.1, 0.15) is 25.6 Å². The van der Waals surface area contributed by atoms with E-state index in [1.807, 2.05) is 55.5 Å². The second-order valence-corrected chi connectivity index (χ2v) is 7.33. The standard InChI is InChI=1S/C23H27N3O3/c1-2-28-23(27)18-12-14-25(15-13-18)17-26-21-11-7-6-10-20(21)24-22(26)16-29-19-8-4-3-5-9-19/h3-11,18H,2,12-17H2,1H3. The van der Waals surface area contributed by atoms with E-state index in [9.17, 15) is 4.79 Å². The van der Waals surface area contributed by atoms with Crippen molar-refractivity contribution in [2.24, 2.45) is 5.92 Å². The van der Waals surface area contributed by atoms with E-state index in [2.05, 4.69) is 15.5 Å². The first-order valence-electron chi connectivity index (χ1n) is 10.3. The van der Waals surface area contributed by atoms with Crippen LogP contribution in [-0.4, -0.2) is 40.1 Å². The summed E-state index contributed by atoms with van der Waals surface area (Å²) in [7, 11) is 0. The monoisotopic (exact) mass is 393 g/mol. The molecule has 6 nitrogen and oxygen atoms in total. The SMILES string of the molecule is CCOC(=O)C1CCN(Cn2c(COc3ccccc3)nc3ccccc32)CC1. The normalized spacial score (nSPS) is 15.5. The average molecular weight is 393 g/mol. The fourth-order valence-corrected chi connectivity index (χ4v) is 3.83. The lowest BCUT2D eigenvalue weighted by molar-refractivity contribution is -0.149. The highest BCUT2D eigenvalue weighted by Crippen LogP contribution is 2.23. The molecule has 2 heterocycles. The van der Waals surface area contributed by atoms with Gasteiger partial charge in [0.15, 0.2) is 0 Å². The van der Waals surface area contributed by atoms with Crippen molar-refractivity contribution >= 4 is 17.0 Å².